The zero-order valence-corrected chi connectivity index (χ0v) is 8.57. The van der Waals surface area contributed by atoms with E-state index in [1.54, 1.807) is 4.80 Å². The number of hydrogen-bond donors (Lipinski definition) is 0. The van der Waals surface area contributed by atoms with Crippen LogP contribution in [-0.4, -0.2) is 20.2 Å². The van der Waals surface area contributed by atoms with Crippen LogP contribution in [0.3, 0.4) is 0 Å². The number of rotatable bonds is 2. The normalized spacial score (nSPS) is 9.50. The Morgan fingerprint density at radius 2 is 1.92 bits per heavy atom. The quantitative estimate of drug-likeness (QED) is 0.680. The van der Waals surface area contributed by atoms with Crippen molar-refractivity contribution < 1.29 is 0 Å². The maximum atomic E-state index is 4.12. The van der Waals surface area contributed by atoms with E-state index < -0.39 is 0 Å². The molecule has 0 saturated heterocycles. The van der Waals surface area contributed by atoms with Crippen LogP contribution in [0.25, 0.3) is 0 Å². The average Bonchev–Trinajstić information content (AvgIpc) is 2.55. The predicted molar refractivity (Wildman–Crippen MR) is 48.9 cm³/mol. The minimum atomic E-state index is 0.375. The molecule has 0 spiro atoms. The summed E-state index contributed by atoms with van der Waals surface area (Å²) < 4.78 is 0. The summed E-state index contributed by atoms with van der Waals surface area (Å²) in [5.41, 5.74) is 0. The van der Waals surface area contributed by atoms with Crippen LogP contribution in [-0.2, 0) is 6.54 Å². The second kappa shape index (κ2) is 5.69. The molecule has 0 unspecified atom stereocenters. The Morgan fingerprint density at radius 1 is 1.33 bits per heavy atom. The van der Waals surface area contributed by atoms with Crippen molar-refractivity contribution in [3.05, 3.63) is 5.82 Å². The Morgan fingerprint density at radius 3 is 2.17 bits per heavy atom. The molecule has 0 fully saturated rings. The Hall–Kier alpha value is -0.930. The molecular weight excluding hydrogens is 152 g/mol. The van der Waals surface area contributed by atoms with Crippen molar-refractivity contribution in [2.45, 2.75) is 47.1 Å². The molecule has 0 aliphatic carbocycles. The van der Waals surface area contributed by atoms with Gasteiger partial charge in [0.2, 0.25) is 0 Å². The van der Waals surface area contributed by atoms with Crippen LogP contribution in [0, 0.1) is 0 Å². The molecule has 0 radical (unpaired) electrons. The van der Waals surface area contributed by atoms with Crippen molar-refractivity contribution in [3.63, 3.8) is 0 Å². The molecule has 12 heavy (non-hydrogen) atoms. The lowest BCUT2D eigenvalue weighted by Gasteiger charge is -1.92. The highest BCUT2D eigenvalue weighted by atomic mass is 15.6. The van der Waals surface area contributed by atoms with Crippen molar-refractivity contribution in [3.8, 4) is 0 Å². The number of tetrazole rings is 1. The predicted octanol–water partition coefficient (Wildman–Crippen LogP) is 1.84. The Bertz CT molecular complexity index is 205. The molecule has 0 aromatic carbocycles. The van der Waals surface area contributed by atoms with Gasteiger partial charge in [0.1, 0.15) is 0 Å². The lowest BCUT2D eigenvalue weighted by atomic mass is 10.2. The first-order valence-electron chi connectivity index (χ1n) is 4.51. The molecule has 0 N–H and O–H groups in total. The average molecular weight is 170 g/mol. The molecule has 1 aromatic rings. The zero-order chi connectivity index (χ0) is 9.56. The first-order chi connectivity index (χ1) is 5.74. The fourth-order valence-electron chi connectivity index (χ4n) is 0.621. The van der Waals surface area contributed by atoms with Crippen LogP contribution in [0.4, 0.5) is 0 Å². The number of aryl methyl sites for hydroxylation is 1. The third-order valence-corrected chi connectivity index (χ3v) is 1.27. The molecule has 70 valence electrons. The number of hydrogen-bond acceptors (Lipinski definition) is 3. The monoisotopic (exact) mass is 170 g/mol. The Labute approximate surface area is 74.0 Å². The molecule has 1 rings (SSSR count). The van der Waals surface area contributed by atoms with Gasteiger partial charge in [0.25, 0.3) is 0 Å². The molecule has 0 amide bonds. The molecule has 1 aromatic heterocycles. The van der Waals surface area contributed by atoms with E-state index in [0.29, 0.717) is 5.92 Å². The van der Waals surface area contributed by atoms with E-state index in [1.165, 1.54) is 0 Å². The van der Waals surface area contributed by atoms with Crippen molar-refractivity contribution in [1.29, 1.82) is 0 Å². The minimum absolute atomic E-state index is 0.375. The standard InChI is InChI=1S/C6H12N4.C2H6/c1-4-10-8-6(5(2)3)7-9-10;1-2/h5H,4H2,1-3H3;1-2H3. The number of nitrogens with zero attached hydrogens (tertiary/aromatic N) is 4. The van der Waals surface area contributed by atoms with E-state index in [2.05, 4.69) is 29.3 Å². The topological polar surface area (TPSA) is 43.6 Å². The summed E-state index contributed by atoms with van der Waals surface area (Å²) in [6.45, 7) is 10.9. The second-order valence-corrected chi connectivity index (χ2v) is 2.49. The highest BCUT2D eigenvalue weighted by Gasteiger charge is 2.04. The van der Waals surface area contributed by atoms with E-state index in [-0.39, 0.29) is 0 Å². The summed E-state index contributed by atoms with van der Waals surface area (Å²) in [5, 5.41) is 11.8. The van der Waals surface area contributed by atoms with Gasteiger partial charge in [-0.25, -0.2) is 0 Å². The van der Waals surface area contributed by atoms with Crippen LogP contribution < -0.4 is 0 Å². The largest absolute Gasteiger partial charge is 0.177 e. The highest BCUT2D eigenvalue weighted by molar-refractivity contribution is 4.84. The van der Waals surface area contributed by atoms with E-state index in [0.717, 1.165) is 12.4 Å². The van der Waals surface area contributed by atoms with Crippen molar-refractivity contribution in [2.75, 3.05) is 0 Å². The Balaban J connectivity index is 0.000000561. The fraction of sp³-hybridized carbons (Fsp3) is 0.875. The van der Waals surface area contributed by atoms with Gasteiger partial charge in [-0.2, -0.15) is 4.80 Å². The first-order valence-corrected chi connectivity index (χ1v) is 4.51. The van der Waals surface area contributed by atoms with Gasteiger partial charge in [0.05, 0.1) is 6.54 Å². The van der Waals surface area contributed by atoms with Gasteiger partial charge in [-0.15, -0.1) is 10.2 Å². The summed E-state index contributed by atoms with van der Waals surface area (Å²) in [4.78, 5) is 1.59. The van der Waals surface area contributed by atoms with Crippen molar-refractivity contribution in [1.82, 2.24) is 20.2 Å². The van der Waals surface area contributed by atoms with E-state index in [9.17, 15) is 0 Å². The van der Waals surface area contributed by atoms with Crippen LogP contribution >= 0.6 is 0 Å². The summed E-state index contributed by atoms with van der Waals surface area (Å²) in [5.74, 6) is 1.20. The summed E-state index contributed by atoms with van der Waals surface area (Å²) in [7, 11) is 0. The number of aromatic nitrogens is 4. The lowest BCUT2D eigenvalue weighted by Crippen LogP contribution is -1.99. The van der Waals surface area contributed by atoms with Crippen molar-refractivity contribution in [2.24, 2.45) is 0 Å². The van der Waals surface area contributed by atoms with E-state index in [1.807, 2.05) is 20.8 Å². The third-order valence-electron chi connectivity index (χ3n) is 1.27. The highest BCUT2D eigenvalue weighted by Crippen LogP contribution is 2.04. The molecule has 0 saturated carbocycles. The van der Waals surface area contributed by atoms with Gasteiger partial charge < -0.3 is 0 Å². The van der Waals surface area contributed by atoms with Gasteiger partial charge in [0.15, 0.2) is 5.82 Å². The maximum absolute atomic E-state index is 4.12. The van der Waals surface area contributed by atoms with E-state index in [4.69, 9.17) is 0 Å². The summed E-state index contributed by atoms with van der Waals surface area (Å²) in [6.07, 6.45) is 0. The third kappa shape index (κ3) is 2.98. The van der Waals surface area contributed by atoms with E-state index >= 15 is 0 Å². The molecule has 0 aliphatic heterocycles. The molecule has 4 heteroatoms. The lowest BCUT2D eigenvalue weighted by molar-refractivity contribution is 0.549. The van der Waals surface area contributed by atoms with Gasteiger partial charge in [-0.3, -0.25) is 0 Å². The van der Waals surface area contributed by atoms with Gasteiger partial charge in [0, 0.05) is 5.92 Å². The summed E-state index contributed by atoms with van der Waals surface area (Å²) in [6, 6.07) is 0. The smallest absolute Gasteiger partial charge is 0.164 e. The minimum Gasteiger partial charge on any atom is -0.164 e. The second-order valence-electron chi connectivity index (χ2n) is 2.49. The molecule has 0 aliphatic rings. The van der Waals surface area contributed by atoms with Crippen LogP contribution in [0.1, 0.15) is 46.4 Å². The van der Waals surface area contributed by atoms with Crippen LogP contribution in [0.5, 0.6) is 0 Å². The van der Waals surface area contributed by atoms with Gasteiger partial charge in [-0.1, -0.05) is 27.7 Å². The van der Waals surface area contributed by atoms with Crippen LogP contribution in [0.2, 0.25) is 0 Å². The maximum Gasteiger partial charge on any atom is 0.177 e. The molecule has 0 atom stereocenters. The molecule has 0 bridgehead atoms. The van der Waals surface area contributed by atoms with Crippen molar-refractivity contribution >= 4 is 0 Å². The zero-order valence-electron chi connectivity index (χ0n) is 8.57. The SMILES string of the molecule is CC.CCn1nnc(C(C)C)n1. The van der Waals surface area contributed by atoms with Gasteiger partial charge in [-0.05, 0) is 12.1 Å². The first kappa shape index (κ1) is 11.1. The summed E-state index contributed by atoms with van der Waals surface area (Å²) >= 11 is 0. The van der Waals surface area contributed by atoms with Crippen LogP contribution in [0.15, 0.2) is 0 Å². The molecule has 4 nitrogen and oxygen atoms in total. The Kier molecular flexibility index (Phi) is 5.25. The molecule has 1 heterocycles. The van der Waals surface area contributed by atoms with Gasteiger partial charge >= 0.3 is 0 Å². The fourth-order valence-corrected chi connectivity index (χ4v) is 0.621. The molecular formula is C8H18N4.